The van der Waals surface area contributed by atoms with Gasteiger partial charge < -0.3 is 4.74 Å². The molecule has 0 saturated heterocycles. The van der Waals surface area contributed by atoms with E-state index >= 15 is 0 Å². The molecule has 6 nitrogen and oxygen atoms in total. The van der Waals surface area contributed by atoms with E-state index in [0.29, 0.717) is 0 Å². The minimum Gasteiger partial charge on any atom is -0.457 e. The molecular weight excluding hydrogens is 374 g/mol. The van der Waals surface area contributed by atoms with Crippen LogP contribution in [0.4, 0.5) is 0 Å². The van der Waals surface area contributed by atoms with Gasteiger partial charge in [-0.2, -0.15) is 10.2 Å². The Labute approximate surface area is 177 Å². The van der Waals surface area contributed by atoms with Crippen LogP contribution < -0.4 is 4.74 Å². The maximum atomic E-state index is 5.91. The van der Waals surface area contributed by atoms with Crippen LogP contribution in [0.5, 0.6) is 11.5 Å². The van der Waals surface area contributed by atoms with Gasteiger partial charge in [-0.05, 0) is 50.4 Å². The highest BCUT2D eigenvalue weighted by Crippen LogP contribution is 2.27. The van der Waals surface area contributed by atoms with Gasteiger partial charge in [0.2, 0.25) is 0 Å². The highest BCUT2D eigenvalue weighted by Gasteiger charge is 2.14. The Morgan fingerprint density at radius 2 is 1.40 bits per heavy atom. The molecule has 6 heteroatoms. The number of nitrogens with zero attached hydrogens (tertiary/aromatic N) is 5. The van der Waals surface area contributed by atoms with Crippen molar-refractivity contribution in [2.24, 2.45) is 14.1 Å². The van der Waals surface area contributed by atoms with Crippen LogP contribution in [0.15, 0.2) is 67.0 Å². The van der Waals surface area contributed by atoms with Gasteiger partial charge in [0, 0.05) is 56.3 Å². The fourth-order valence-electron chi connectivity index (χ4n) is 3.64. The molecule has 2 heterocycles. The second-order valence-corrected chi connectivity index (χ2v) is 7.70. The van der Waals surface area contributed by atoms with E-state index in [1.807, 2.05) is 65.9 Å². The molecule has 0 bridgehead atoms. The van der Waals surface area contributed by atoms with Gasteiger partial charge in [0.15, 0.2) is 0 Å². The number of rotatable bonds is 7. The third-order valence-electron chi connectivity index (χ3n) is 5.01. The van der Waals surface area contributed by atoms with Crippen molar-refractivity contribution < 1.29 is 4.74 Å². The van der Waals surface area contributed by atoms with Crippen LogP contribution in [0, 0.1) is 6.92 Å². The molecule has 2 aromatic carbocycles. The topological polar surface area (TPSA) is 48.1 Å². The highest BCUT2D eigenvalue weighted by molar-refractivity contribution is 5.63. The Morgan fingerprint density at radius 1 is 0.800 bits per heavy atom. The van der Waals surface area contributed by atoms with Crippen molar-refractivity contribution in [2.45, 2.75) is 20.0 Å². The van der Waals surface area contributed by atoms with Crippen molar-refractivity contribution in [3.8, 4) is 22.8 Å². The first-order valence-corrected chi connectivity index (χ1v) is 10.0. The van der Waals surface area contributed by atoms with Crippen molar-refractivity contribution >= 4 is 0 Å². The molecule has 0 aliphatic heterocycles. The van der Waals surface area contributed by atoms with Gasteiger partial charge >= 0.3 is 0 Å². The fourth-order valence-corrected chi connectivity index (χ4v) is 3.64. The molecule has 154 valence electrons. The monoisotopic (exact) mass is 401 g/mol. The predicted octanol–water partition coefficient (Wildman–Crippen LogP) is 4.55. The van der Waals surface area contributed by atoms with Gasteiger partial charge in [0.25, 0.3) is 0 Å². The number of hydrogen-bond donors (Lipinski definition) is 0. The molecule has 0 N–H and O–H groups in total. The molecule has 0 aliphatic carbocycles. The second kappa shape index (κ2) is 8.55. The van der Waals surface area contributed by atoms with Crippen molar-refractivity contribution in [3.05, 3.63) is 83.8 Å². The summed E-state index contributed by atoms with van der Waals surface area (Å²) in [6.07, 6.45) is 4.18. The second-order valence-electron chi connectivity index (χ2n) is 7.70. The zero-order chi connectivity index (χ0) is 21.1. The van der Waals surface area contributed by atoms with Crippen LogP contribution in [-0.2, 0) is 27.2 Å². The Kier molecular flexibility index (Phi) is 5.68. The largest absolute Gasteiger partial charge is 0.457 e. The first kappa shape index (κ1) is 19.9. The molecule has 0 spiro atoms. The number of ether oxygens (including phenoxy) is 1. The predicted molar refractivity (Wildman–Crippen MR) is 118 cm³/mol. The summed E-state index contributed by atoms with van der Waals surface area (Å²) in [5.41, 5.74) is 5.59. The minimum atomic E-state index is 0.805. The smallest absolute Gasteiger partial charge is 0.127 e. The van der Waals surface area contributed by atoms with Crippen molar-refractivity contribution in [1.29, 1.82) is 0 Å². The summed E-state index contributed by atoms with van der Waals surface area (Å²) in [5, 5.41) is 9.15. The van der Waals surface area contributed by atoms with Gasteiger partial charge in [-0.1, -0.05) is 18.2 Å². The van der Waals surface area contributed by atoms with Crippen LogP contribution >= 0.6 is 0 Å². The number of aromatic nitrogens is 4. The molecule has 30 heavy (non-hydrogen) atoms. The van der Waals surface area contributed by atoms with E-state index in [9.17, 15) is 0 Å². The summed E-state index contributed by atoms with van der Waals surface area (Å²) in [7, 11) is 6.05. The molecule has 4 rings (SSSR count). The standard InChI is InChI=1S/C24H27N5O/c1-18-20(16-28(3)25-18)14-27(2)15-21-17-29(4)26-24(21)19-10-12-23(13-11-19)30-22-8-6-5-7-9-22/h5-13,16-17H,14-15H2,1-4H3. The van der Waals surface area contributed by atoms with Gasteiger partial charge in [0.1, 0.15) is 11.5 Å². The molecule has 0 saturated carbocycles. The van der Waals surface area contributed by atoms with E-state index < -0.39 is 0 Å². The lowest BCUT2D eigenvalue weighted by Crippen LogP contribution is -2.17. The minimum absolute atomic E-state index is 0.805. The fraction of sp³-hybridized carbons (Fsp3) is 0.250. The third kappa shape index (κ3) is 4.60. The van der Waals surface area contributed by atoms with Crippen molar-refractivity contribution in [1.82, 2.24) is 24.5 Å². The summed E-state index contributed by atoms with van der Waals surface area (Å²) in [4.78, 5) is 2.29. The molecule has 0 amide bonds. The highest BCUT2D eigenvalue weighted by atomic mass is 16.5. The van der Waals surface area contributed by atoms with Crippen molar-refractivity contribution in [2.75, 3.05) is 7.05 Å². The summed E-state index contributed by atoms with van der Waals surface area (Å²) in [5.74, 6) is 1.64. The zero-order valence-corrected chi connectivity index (χ0v) is 17.9. The molecule has 0 radical (unpaired) electrons. The normalized spacial score (nSPS) is 11.2. The molecule has 4 aromatic rings. The van der Waals surface area contributed by atoms with E-state index in [1.54, 1.807) is 0 Å². The van der Waals surface area contributed by atoms with Crippen molar-refractivity contribution in [3.63, 3.8) is 0 Å². The average molecular weight is 402 g/mol. The number of para-hydroxylation sites is 1. The van der Waals surface area contributed by atoms with Gasteiger partial charge in [0.05, 0.1) is 11.4 Å². The SMILES string of the molecule is Cc1nn(C)cc1CN(C)Cc1cn(C)nc1-c1ccc(Oc2ccccc2)cc1. The summed E-state index contributed by atoms with van der Waals surface area (Å²) >= 11 is 0. The Hall–Kier alpha value is -3.38. The molecule has 0 fully saturated rings. The van der Waals surface area contributed by atoms with Crippen LogP contribution in [0.25, 0.3) is 11.3 Å². The van der Waals surface area contributed by atoms with Gasteiger partial charge in [-0.25, -0.2) is 0 Å². The van der Waals surface area contributed by atoms with Crippen LogP contribution in [-0.4, -0.2) is 31.5 Å². The number of benzene rings is 2. The maximum absolute atomic E-state index is 5.91. The first-order chi connectivity index (χ1) is 14.5. The van der Waals surface area contributed by atoms with Gasteiger partial charge in [-0.15, -0.1) is 0 Å². The molecular formula is C24H27N5O. The molecule has 2 aromatic heterocycles. The Morgan fingerprint density at radius 3 is 2.07 bits per heavy atom. The average Bonchev–Trinajstić information content (AvgIpc) is 3.23. The van der Waals surface area contributed by atoms with Crippen LogP contribution in [0.2, 0.25) is 0 Å². The summed E-state index contributed by atoms with van der Waals surface area (Å²) < 4.78 is 9.65. The lowest BCUT2D eigenvalue weighted by molar-refractivity contribution is 0.318. The molecule has 0 atom stereocenters. The summed E-state index contributed by atoms with van der Waals surface area (Å²) in [6, 6.07) is 17.9. The first-order valence-electron chi connectivity index (χ1n) is 10.0. The van der Waals surface area contributed by atoms with E-state index in [0.717, 1.165) is 41.5 Å². The molecule has 0 aliphatic rings. The van der Waals surface area contributed by atoms with Gasteiger partial charge in [-0.3, -0.25) is 14.3 Å². The number of aryl methyl sites for hydroxylation is 3. The summed E-state index contributed by atoms with van der Waals surface area (Å²) in [6.45, 7) is 3.70. The van der Waals surface area contributed by atoms with E-state index in [-0.39, 0.29) is 0 Å². The van der Waals surface area contributed by atoms with E-state index in [2.05, 4.69) is 48.5 Å². The number of hydrogen-bond acceptors (Lipinski definition) is 4. The lowest BCUT2D eigenvalue weighted by Gasteiger charge is -2.16. The lowest BCUT2D eigenvalue weighted by atomic mass is 10.1. The van der Waals surface area contributed by atoms with Crippen LogP contribution in [0.3, 0.4) is 0 Å². The third-order valence-corrected chi connectivity index (χ3v) is 5.01. The zero-order valence-electron chi connectivity index (χ0n) is 17.9. The quantitative estimate of drug-likeness (QED) is 0.456. The Bertz CT molecular complexity index is 1110. The van der Waals surface area contributed by atoms with E-state index in [1.165, 1.54) is 11.1 Å². The van der Waals surface area contributed by atoms with E-state index in [4.69, 9.17) is 9.84 Å². The molecule has 0 unspecified atom stereocenters. The van der Waals surface area contributed by atoms with Crippen LogP contribution in [0.1, 0.15) is 16.8 Å². The Balaban J connectivity index is 1.49. The maximum Gasteiger partial charge on any atom is 0.127 e.